The largest absolute Gasteiger partial charge is 0.344 e. The molecule has 2 atom stereocenters. The normalized spacial score (nSPS) is 29.2. The van der Waals surface area contributed by atoms with Crippen LogP contribution in [0.15, 0.2) is 12.7 Å². The van der Waals surface area contributed by atoms with Gasteiger partial charge in [-0.15, -0.1) is 6.58 Å². The van der Waals surface area contributed by atoms with E-state index in [1.165, 1.54) is 0 Å². The lowest BCUT2D eigenvalue weighted by atomic mass is 10.1. The van der Waals surface area contributed by atoms with Crippen molar-refractivity contribution in [1.29, 1.82) is 0 Å². The Balaban J connectivity index is 2.57. The highest BCUT2D eigenvalue weighted by atomic mass is 31.1. The van der Waals surface area contributed by atoms with Crippen LogP contribution in [0.25, 0.3) is 0 Å². The molecule has 0 saturated carbocycles. The lowest BCUT2D eigenvalue weighted by Crippen LogP contribution is -2.24. The fourth-order valence-corrected chi connectivity index (χ4v) is 1.85. The summed E-state index contributed by atoms with van der Waals surface area (Å²) in [7, 11) is -0.151. The minimum atomic E-state index is -0.682. The monoisotopic (exact) mass is 230 g/mol. The van der Waals surface area contributed by atoms with Gasteiger partial charge in [-0.05, 0) is 13.8 Å². The second-order valence-electron chi connectivity index (χ2n) is 3.90. The van der Waals surface area contributed by atoms with E-state index in [0.29, 0.717) is 0 Å². The summed E-state index contributed by atoms with van der Waals surface area (Å²) in [6.07, 6.45) is 1.29. The SMILES string of the molecule is C=C[C@@H]1OC(C)(C)O[C@@H]1CC(=O)CP=O. The van der Waals surface area contributed by atoms with Gasteiger partial charge >= 0.3 is 0 Å². The predicted octanol–water partition coefficient (Wildman–Crippen LogP) is 1.94. The summed E-state index contributed by atoms with van der Waals surface area (Å²) in [5, 5.41) is 0. The first-order chi connectivity index (χ1) is 6.98. The summed E-state index contributed by atoms with van der Waals surface area (Å²) in [4.78, 5) is 11.3. The van der Waals surface area contributed by atoms with Crippen molar-refractivity contribution in [2.75, 3.05) is 6.16 Å². The molecule has 15 heavy (non-hydrogen) atoms. The van der Waals surface area contributed by atoms with E-state index >= 15 is 0 Å². The molecule has 0 bridgehead atoms. The van der Waals surface area contributed by atoms with Gasteiger partial charge in [0.2, 0.25) is 0 Å². The molecular weight excluding hydrogens is 215 g/mol. The van der Waals surface area contributed by atoms with Crippen LogP contribution in [0.5, 0.6) is 0 Å². The molecule has 0 amide bonds. The molecule has 0 unspecified atom stereocenters. The van der Waals surface area contributed by atoms with Crippen molar-refractivity contribution < 1.29 is 18.8 Å². The molecule has 1 aliphatic rings. The van der Waals surface area contributed by atoms with Crippen molar-refractivity contribution in [1.82, 2.24) is 0 Å². The Kier molecular flexibility index (Phi) is 4.14. The van der Waals surface area contributed by atoms with Gasteiger partial charge in [0, 0.05) is 6.42 Å². The molecule has 0 aromatic heterocycles. The molecule has 0 aliphatic carbocycles. The molecular formula is C10H15O4P. The van der Waals surface area contributed by atoms with Gasteiger partial charge in [-0.1, -0.05) is 6.08 Å². The van der Waals surface area contributed by atoms with Crippen molar-refractivity contribution in [2.24, 2.45) is 0 Å². The van der Waals surface area contributed by atoms with E-state index in [2.05, 4.69) is 6.58 Å². The molecule has 0 aromatic carbocycles. The molecule has 0 N–H and O–H groups in total. The Morgan fingerprint density at radius 3 is 2.73 bits per heavy atom. The van der Waals surface area contributed by atoms with Gasteiger partial charge in [0.15, 0.2) is 14.2 Å². The topological polar surface area (TPSA) is 52.6 Å². The van der Waals surface area contributed by atoms with Crippen LogP contribution in [-0.2, 0) is 18.8 Å². The number of carbonyl (C=O) groups is 1. The average molecular weight is 230 g/mol. The van der Waals surface area contributed by atoms with Crippen molar-refractivity contribution in [3.05, 3.63) is 12.7 Å². The van der Waals surface area contributed by atoms with Crippen molar-refractivity contribution in [2.45, 2.75) is 38.3 Å². The molecule has 1 aliphatic heterocycles. The molecule has 1 fully saturated rings. The van der Waals surface area contributed by atoms with Gasteiger partial charge in [-0.25, -0.2) is 0 Å². The molecule has 5 heteroatoms. The fourth-order valence-electron chi connectivity index (χ4n) is 1.58. The van der Waals surface area contributed by atoms with E-state index in [0.717, 1.165) is 0 Å². The lowest BCUT2D eigenvalue weighted by Gasteiger charge is -2.16. The molecule has 0 aromatic rings. The maximum Gasteiger partial charge on any atom is 0.164 e. The van der Waals surface area contributed by atoms with Crippen molar-refractivity contribution >= 4 is 14.2 Å². The fraction of sp³-hybridized carbons (Fsp3) is 0.700. The van der Waals surface area contributed by atoms with Gasteiger partial charge in [-0.3, -0.25) is 9.36 Å². The second kappa shape index (κ2) is 4.97. The third-order valence-electron chi connectivity index (χ3n) is 2.12. The first-order valence-corrected chi connectivity index (χ1v) is 5.77. The smallest absolute Gasteiger partial charge is 0.164 e. The van der Waals surface area contributed by atoms with Crippen LogP contribution in [0.1, 0.15) is 20.3 Å². The van der Waals surface area contributed by atoms with Crippen LogP contribution < -0.4 is 0 Å². The van der Waals surface area contributed by atoms with E-state index in [9.17, 15) is 9.36 Å². The highest BCUT2D eigenvalue weighted by molar-refractivity contribution is 7.25. The lowest BCUT2D eigenvalue weighted by molar-refractivity contribution is -0.145. The Morgan fingerprint density at radius 2 is 2.20 bits per heavy atom. The molecule has 1 saturated heterocycles. The van der Waals surface area contributed by atoms with Crippen LogP contribution in [0, 0.1) is 0 Å². The summed E-state index contributed by atoms with van der Waals surface area (Å²) >= 11 is 0. The number of carbonyl (C=O) groups excluding carboxylic acids is 1. The summed E-state index contributed by atoms with van der Waals surface area (Å²) in [5.41, 5.74) is 0. The molecule has 0 spiro atoms. The van der Waals surface area contributed by atoms with Crippen molar-refractivity contribution in [3.8, 4) is 0 Å². The van der Waals surface area contributed by atoms with E-state index in [1.54, 1.807) is 19.9 Å². The first-order valence-electron chi connectivity index (χ1n) is 4.77. The number of ketones is 1. The zero-order valence-corrected chi connectivity index (χ0v) is 9.83. The van der Waals surface area contributed by atoms with Gasteiger partial charge in [0.1, 0.15) is 11.9 Å². The van der Waals surface area contributed by atoms with Gasteiger partial charge in [-0.2, -0.15) is 0 Å². The summed E-state index contributed by atoms with van der Waals surface area (Å²) < 4.78 is 21.3. The third kappa shape index (κ3) is 3.49. The van der Waals surface area contributed by atoms with E-state index < -0.39 is 5.79 Å². The van der Waals surface area contributed by atoms with E-state index in [4.69, 9.17) is 9.47 Å². The average Bonchev–Trinajstić information content (AvgIpc) is 2.40. The van der Waals surface area contributed by atoms with E-state index in [-0.39, 0.29) is 39.0 Å². The quantitative estimate of drug-likeness (QED) is 0.535. The zero-order valence-electron chi connectivity index (χ0n) is 8.93. The highest BCUT2D eigenvalue weighted by Gasteiger charge is 2.40. The van der Waals surface area contributed by atoms with Gasteiger partial charge < -0.3 is 9.47 Å². The Morgan fingerprint density at radius 1 is 1.53 bits per heavy atom. The molecule has 1 heterocycles. The Labute approximate surface area is 90.8 Å². The predicted molar refractivity (Wildman–Crippen MR) is 56.1 cm³/mol. The first kappa shape index (κ1) is 12.5. The van der Waals surface area contributed by atoms with Gasteiger partial charge in [0.25, 0.3) is 0 Å². The zero-order chi connectivity index (χ0) is 11.5. The van der Waals surface area contributed by atoms with Crippen LogP contribution in [0.3, 0.4) is 0 Å². The summed E-state index contributed by atoms with van der Waals surface area (Å²) in [5.74, 6) is -0.774. The summed E-state index contributed by atoms with van der Waals surface area (Å²) in [6, 6.07) is 0. The third-order valence-corrected chi connectivity index (χ3v) is 2.61. The number of hydrogen-bond donors (Lipinski definition) is 0. The number of hydrogen-bond acceptors (Lipinski definition) is 4. The van der Waals surface area contributed by atoms with E-state index in [1.807, 2.05) is 0 Å². The summed E-state index contributed by atoms with van der Waals surface area (Å²) in [6.45, 7) is 7.21. The van der Waals surface area contributed by atoms with Crippen molar-refractivity contribution in [3.63, 3.8) is 0 Å². The van der Waals surface area contributed by atoms with Crippen LogP contribution in [-0.4, -0.2) is 29.9 Å². The minimum Gasteiger partial charge on any atom is -0.344 e. The maximum absolute atomic E-state index is 11.3. The Hall–Kier alpha value is -0.570. The molecule has 0 radical (unpaired) electrons. The second-order valence-corrected chi connectivity index (χ2v) is 4.48. The van der Waals surface area contributed by atoms with Crippen LogP contribution in [0.2, 0.25) is 0 Å². The highest BCUT2D eigenvalue weighted by Crippen LogP contribution is 2.30. The van der Waals surface area contributed by atoms with Crippen LogP contribution in [0.4, 0.5) is 0 Å². The number of ether oxygens (including phenoxy) is 2. The number of Topliss-reactive ketones (excluding diaryl/α,β-unsaturated/α-hetero) is 1. The standard InChI is InChI=1S/C10H15O4P/c1-4-8-9(5-7(11)6-15-12)14-10(2,3)13-8/h4,8-9H,1,5-6H2,2-3H3/t8-,9+/m0/s1. The number of rotatable bonds is 5. The maximum atomic E-state index is 11.3. The molecule has 84 valence electrons. The minimum absolute atomic E-state index is 0.0319. The van der Waals surface area contributed by atoms with Crippen LogP contribution >= 0.6 is 8.46 Å². The molecule has 4 nitrogen and oxygen atoms in total. The Bertz CT molecular complexity index is 275. The van der Waals surface area contributed by atoms with Gasteiger partial charge in [0.05, 0.1) is 12.3 Å². The molecule has 1 rings (SSSR count).